The number of amides is 1. The average molecular weight is 152 g/mol. The monoisotopic (exact) mass is 152 g/mol. The van der Waals surface area contributed by atoms with Crippen LogP contribution in [0.5, 0.6) is 0 Å². The second-order valence-corrected chi connectivity index (χ2v) is 2.47. The molecule has 0 aliphatic carbocycles. The number of carbonyl (C=O) groups is 1. The number of rotatable bonds is 2. The van der Waals surface area contributed by atoms with Gasteiger partial charge in [-0.3, -0.25) is 4.79 Å². The van der Waals surface area contributed by atoms with Gasteiger partial charge < -0.3 is 5.32 Å². The zero-order valence-corrected chi connectivity index (χ0v) is 7.06. The van der Waals surface area contributed by atoms with Gasteiger partial charge in [0.1, 0.15) is 6.54 Å². The quantitative estimate of drug-likeness (QED) is 0.473. The predicted octanol–water partition coefficient (Wildman–Crippen LogP) is 0.982. The molecule has 11 heavy (non-hydrogen) atoms. The van der Waals surface area contributed by atoms with Crippen LogP contribution in [-0.4, -0.2) is 12.5 Å². The Morgan fingerprint density at radius 2 is 2.00 bits per heavy atom. The molecule has 0 aromatic rings. The van der Waals surface area contributed by atoms with E-state index >= 15 is 0 Å². The van der Waals surface area contributed by atoms with Gasteiger partial charge in [-0.05, 0) is 20.8 Å². The van der Waals surface area contributed by atoms with Crippen LogP contribution in [-0.2, 0) is 4.79 Å². The zero-order valence-electron chi connectivity index (χ0n) is 7.06. The van der Waals surface area contributed by atoms with Crippen molar-refractivity contribution in [3.05, 3.63) is 11.1 Å². The van der Waals surface area contributed by atoms with Crippen LogP contribution < -0.4 is 5.32 Å². The Balaban J connectivity index is 4.08. The van der Waals surface area contributed by atoms with Crippen molar-refractivity contribution in [2.45, 2.75) is 20.8 Å². The molecule has 0 rings (SSSR count). The van der Waals surface area contributed by atoms with Gasteiger partial charge in [0.25, 0.3) is 0 Å². The average Bonchev–Trinajstić information content (AvgIpc) is 1.98. The molecule has 1 N–H and O–H groups in total. The third-order valence-electron chi connectivity index (χ3n) is 1.42. The van der Waals surface area contributed by atoms with E-state index in [4.69, 9.17) is 5.26 Å². The molecule has 0 aromatic heterocycles. The van der Waals surface area contributed by atoms with Gasteiger partial charge in [-0.2, -0.15) is 5.26 Å². The highest BCUT2D eigenvalue weighted by molar-refractivity contribution is 5.93. The van der Waals surface area contributed by atoms with E-state index in [1.54, 1.807) is 6.92 Å². The number of nitrogens with one attached hydrogen (secondary N) is 1. The van der Waals surface area contributed by atoms with Crippen LogP contribution in [0.4, 0.5) is 0 Å². The smallest absolute Gasteiger partial charge is 0.247 e. The molecular weight excluding hydrogens is 140 g/mol. The Labute approximate surface area is 66.7 Å². The molecule has 1 amide bonds. The van der Waals surface area contributed by atoms with E-state index < -0.39 is 0 Å². The number of nitrogens with zero attached hydrogens (tertiary/aromatic N) is 1. The topological polar surface area (TPSA) is 52.9 Å². The van der Waals surface area contributed by atoms with E-state index in [2.05, 4.69) is 5.32 Å². The van der Waals surface area contributed by atoms with Gasteiger partial charge in [-0.1, -0.05) is 5.57 Å². The van der Waals surface area contributed by atoms with E-state index in [1.807, 2.05) is 19.9 Å². The summed E-state index contributed by atoms with van der Waals surface area (Å²) in [5.74, 6) is -0.161. The molecule has 0 bridgehead atoms. The minimum absolute atomic E-state index is 0.0729. The molecule has 0 saturated carbocycles. The van der Waals surface area contributed by atoms with Crippen LogP contribution in [0, 0.1) is 11.3 Å². The molecule has 3 heteroatoms. The maximum Gasteiger partial charge on any atom is 0.247 e. The van der Waals surface area contributed by atoms with E-state index in [1.165, 1.54) is 0 Å². The Hall–Kier alpha value is -1.30. The van der Waals surface area contributed by atoms with Crippen LogP contribution in [0.2, 0.25) is 0 Å². The normalized spacial score (nSPS) is 8.18. The molecule has 0 aromatic carbocycles. The van der Waals surface area contributed by atoms with Crippen LogP contribution >= 0.6 is 0 Å². The van der Waals surface area contributed by atoms with Crippen molar-refractivity contribution < 1.29 is 4.79 Å². The molecule has 0 saturated heterocycles. The van der Waals surface area contributed by atoms with Crippen molar-refractivity contribution in [2.75, 3.05) is 6.54 Å². The van der Waals surface area contributed by atoms with Crippen LogP contribution in [0.3, 0.4) is 0 Å². The second kappa shape index (κ2) is 4.51. The van der Waals surface area contributed by atoms with Crippen molar-refractivity contribution >= 4 is 5.91 Å². The summed E-state index contributed by atoms with van der Waals surface area (Å²) in [5.41, 5.74) is 1.65. The summed E-state index contributed by atoms with van der Waals surface area (Å²) in [7, 11) is 0. The minimum atomic E-state index is -0.161. The molecule has 60 valence electrons. The molecule has 0 heterocycles. The Morgan fingerprint density at radius 3 is 2.36 bits per heavy atom. The first-order valence-corrected chi connectivity index (χ1v) is 3.38. The summed E-state index contributed by atoms with van der Waals surface area (Å²) in [6.07, 6.45) is 0. The molecule has 0 aliphatic heterocycles. The van der Waals surface area contributed by atoms with Gasteiger partial charge in [0.15, 0.2) is 0 Å². The maximum atomic E-state index is 11.0. The van der Waals surface area contributed by atoms with Gasteiger partial charge in [0.05, 0.1) is 6.07 Å². The Kier molecular flexibility index (Phi) is 3.97. The molecule has 0 atom stereocenters. The van der Waals surface area contributed by atoms with Crippen molar-refractivity contribution in [3.63, 3.8) is 0 Å². The summed E-state index contributed by atoms with van der Waals surface area (Å²) in [4.78, 5) is 11.0. The van der Waals surface area contributed by atoms with E-state index in [9.17, 15) is 4.79 Å². The third kappa shape index (κ3) is 3.41. The van der Waals surface area contributed by atoms with E-state index in [-0.39, 0.29) is 12.5 Å². The molecule has 0 spiro atoms. The van der Waals surface area contributed by atoms with Gasteiger partial charge in [-0.15, -0.1) is 0 Å². The van der Waals surface area contributed by atoms with E-state index in [0.29, 0.717) is 5.57 Å². The lowest BCUT2D eigenvalue weighted by atomic mass is 10.2. The van der Waals surface area contributed by atoms with Crippen molar-refractivity contribution in [1.29, 1.82) is 5.26 Å². The summed E-state index contributed by atoms with van der Waals surface area (Å²) in [5, 5.41) is 10.6. The third-order valence-corrected chi connectivity index (χ3v) is 1.42. The second-order valence-electron chi connectivity index (χ2n) is 2.47. The first kappa shape index (κ1) is 9.70. The summed E-state index contributed by atoms with van der Waals surface area (Å²) in [6, 6.07) is 1.84. The van der Waals surface area contributed by atoms with Crippen LogP contribution in [0.15, 0.2) is 11.1 Å². The number of hydrogen-bond acceptors (Lipinski definition) is 2. The maximum absolute atomic E-state index is 11.0. The highest BCUT2D eigenvalue weighted by Crippen LogP contribution is 2.00. The predicted molar refractivity (Wildman–Crippen MR) is 42.7 cm³/mol. The summed E-state index contributed by atoms with van der Waals surface area (Å²) >= 11 is 0. The van der Waals surface area contributed by atoms with Crippen LogP contribution in [0.25, 0.3) is 0 Å². The lowest BCUT2D eigenvalue weighted by Gasteiger charge is -2.01. The summed E-state index contributed by atoms with van der Waals surface area (Å²) < 4.78 is 0. The highest BCUT2D eigenvalue weighted by atomic mass is 16.1. The van der Waals surface area contributed by atoms with E-state index in [0.717, 1.165) is 5.57 Å². The first-order valence-electron chi connectivity index (χ1n) is 3.38. The number of allylic oxidation sites excluding steroid dienone is 1. The number of carbonyl (C=O) groups excluding carboxylic acids is 1. The minimum Gasteiger partial charge on any atom is -0.339 e. The zero-order chi connectivity index (χ0) is 8.85. The van der Waals surface area contributed by atoms with Gasteiger partial charge in [0, 0.05) is 5.57 Å². The fourth-order valence-corrected chi connectivity index (χ4v) is 0.479. The van der Waals surface area contributed by atoms with Gasteiger partial charge in [-0.25, -0.2) is 0 Å². The van der Waals surface area contributed by atoms with Gasteiger partial charge in [0.2, 0.25) is 5.91 Å². The van der Waals surface area contributed by atoms with Crippen molar-refractivity contribution in [2.24, 2.45) is 0 Å². The standard InChI is InChI=1S/C8H12N2O/c1-6(2)7(3)8(11)10-5-4-9/h5H2,1-3H3,(H,10,11). The van der Waals surface area contributed by atoms with Crippen molar-refractivity contribution in [3.8, 4) is 6.07 Å². The molecule has 0 fully saturated rings. The molecule has 3 nitrogen and oxygen atoms in total. The Bertz CT molecular complexity index is 219. The lowest BCUT2D eigenvalue weighted by molar-refractivity contribution is -0.117. The van der Waals surface area contributed by atoms with Gasteiger partial charge >= 0.3 is 0 Å². The number of hydrogen-bond donors (Lipinski definition) is 1. The number of nitriles is 1. The summed E-state index contributed by atoms with van der Waals surface area (Å²) in [6.45, 7) is 5.54. The molecular formula is C8H12N2O. The molecule has 0 radical (unpaired) electrons. The fraction of sp³-hybridized carbons (Fsp3) is 0.500. The largest absolute Gasteiger partial charge is 0.339 e. The molecule has 0 unspecified atom stereocenters. The van der Waals surface area contributed by atoms with Crippen LogP contribution in [0.1, 0.15) is 20.8 Å². The molecule has 0 aliphatic rings. The Morgan fingerprint density at radius 1 is 1.45 bits per heavy atom. The SMILES string of the molecule is CC(C)=C(C)C(=O)NCC#N. The highest BCUT2D eigenvalue weighted by Gasteiger charge is 2.02. The fourth-order valence-electron chi connectivity index (χ4n) is 0.479. The van der Waals surface area contributed by atoms with Crippen molar-refractivity contribution in [1.82, 2.24) is 5.32 Å². The lowest BCUT2D eigenvalue weighted by Crippen LogP contribution is -2.24. The first-order chi connectivity index (χ1) is 5.09.